The van der Waals surface area contributed by atoms with Crippen molar-refractivity contribution in [3.8, 4) is 44.8 Å². The minimum Gasteiger partial charge on any atom is -0.310 e. The van der Waals surface area contributed by atoms with E-state index in [0.29, 0.717) is 0 Å². The van der Waals surface area contributed by atoms with Crippen LogP contribution in [0.5, 0.6) is 0 Å². The van der Waals surface area contributed by atoms with Crippen molar-refractivity contribution >= 4 is 60.7 Å². The van der Waals surface area contributed by atoms with E-state index in [9.17, 15) is 0 Å². The van der Waals surface area contributed by atoms with Gasteiger partial charge in [-0.05, 0) is 113 Å². The highest BCUT2D eigenvalue weighted by atomic mass is 15.1. The number of benzene rings is 9. The summed E-state index contributed by atoms with van der Waals surface area (Å²) in [4.78, 5) is 2.40. The van der Waals surface area contributed by atoms with Crippen molar-refractivity contribution in [1.82, 2.24) is 9.13 Å². The molecule has 1 fully saturated rings. The van der Waals surface area contributed by atoms with Crippen molar-refractivity contribution in [1.29, 1.82) is 0 Å². The fraction of sp³-hybridized carbons (Fsp3) is 0.0847. The van der Waals surface area contributed by atoms with E-state index in [2.05, 4.69) is 214 Å². The molecule has 0 radical (unpaired) electrons. The fourth-order valence-electron chi connectivity index (χ4n) is 12.1. The van der Waals surface area contributed by atoms with Crippen molar-refractivity contribution in [2.45, 2.75) is 31.1 Å². The fourth-order valence-corrected chi connectivity index (χ4v) is 12.1. The standard InChI is InChI=1S/C59H41N3/c1-3-15-39(16-4-1)60(42-29-30-46-44-19-7-10-22-51(44)61(54(46)37-42)40-17-5-2-6-18-40)41-27-25-38(26-28-41)43-31-33-49-56-55(43)48-21-9-12-24-53(48)62-52-23-11-8-20-45(52)47-32-34-50(57(56)58(47)62)59(49)35-13-14-36-59/h1-12,15-34,37H,13-14,35-36H2. The third-order valence-corrected chi connectivity index (χ3v) is 14.6. The number of hydrogen-bond donors (Lipinski definition) is 0. The van der Waals surface area contributed by atoms with E-state index in [1.165, 1.54) is 119 Å². The first-order chi connectivity index (χ1) is 30.8. The Bertz CT molecular complexity index is 3620. The highest BCUT2D eigenvalue weighted by Crippen LogP contribution is 2.63. The maximum absolute atomic E-state index is 2.59. The van der Waals surface area contributed by atoms with Gasteiger partial charge in [-0.15, -0.1) is 0 Å². The number of anilines is 3. The molecule has 3 heteroatoms. The Kier molecular flexibility index (Phi) is 6.99. The van der Waals surface area contributed by atoms with Gasteiger partial charge in [-0.2, -0.15) is 0 Å². The van der Waals surface area contributed by atoms with Gasteiger partial charge in [0.1, 0.15) is 0 Å². The summed E-state index contributed by atoms with van der Waals surface area (Å²) >= 11 is 0. The quantitative estimate of drug-likeness (QED) is 0.169. The maximum Gasteiger partial charge on any atom is 0.0623 e. The summed E-state index contributed by atoms with van der Waals surface area (Å²) < 4.78 is 5.00. The van der Waals surface area contributed by atoms with Gasteiger partial charge in [0.2, 0.25) is 0 Å². The third kappa shape index (κ3) is 4.50. The lowest BCUT2D eigenvalue weighted by Crippen LogP contribution is -2.20. The normalized spacial score (nSPS) is 14.3. The van der Waals surface area contributed by atoms with Crippen LogP contribution in [0, 0.1) is 0 Å². The highest BCUT2D eigenvalue weighted by molar-refractivity contribution is 6.20. The minimum absolute atomic E-state index is 0.0626. The van der Waals surface area contributed by atoms with Crippen LogP contribution in [-0.4, -0.2) is 9.13 Å². The monoisotopic (exact) mass is 791 g/mol. The highest BCUT2D eigenvalue weighted by Gasteiger charge is 2.48. The molecule has 1 aliphatic heterocycles. The molecule has 0 saturated heterocycles. The molecule has 0 N–H and O–H groups in total. The molecular formula is C59H41N3. The molecule has 292 valence electrons. The zero-order chi connectivity index (χ0) is 40.5. The molecule has 2 aromatic heterocycles. The van der Waals surface area contributed by atoms with Crippen molar-refractivity contribution in [2.24, 2.45) is 0 Å². The average molecular weight is 792 g/mol. The van der Waals surface area contributed by atoms with Crippen LogP contribution in [0.25, 0.3) is 88.4 Å². The Morgan fingerprint density at radius 1 is 0.387 bits per heavy atom. The predicted molar refractivity (Wildman–Crippen MR) is 259 cm³/mol. The molecule has 3 aliphatic rings. The Hall–Kier alpha value is -7.62. The smallest absolute Gasteiger partial charge is 0.0623 e. The summed E-state index contributed by atoms with van der Waals surface area (Å²) in [5.74, 6) is 0. The van der Waals surface area contributed by atoms with Crippen LogP contribution in [0.3, 0.4) is 0 Å². The molecule has 3 heterocycles. The first-order valence-electron chi connectivity index (χ1n) is 22.2. The molecule has 0 bridgehead atoms. The van der Waals surface area contributed by atoms with E-state index in [0.717, 1.165) is 22.7 Å². The molecule has 14 rings (SSSR count). The topological polar surface area (TPSA) is 13.1 Å². The second-order valence-electron chi connectivity index (χ2n) is 17.6. The number of rotatable bonds is 5. The maximum atomic E-state index is 2.59. The Balaban J connectivity index is 0.976. The van der Waals surface area contributed by atoms with E-state index < -0.39 is 0 Å². The van der Waals surface area contributed by atoms with Crippen molar-refractivity contribution in [3.05, 3.63) is 211 Å². The Morgan fingerprint density at radius 2 is 0.968 bits per heavy atom. The van der Waals surface area contributed by atoms with Gasteiger partial charge in [0.05, 0.1) is 27.8 Å². The number of aromatic nitrogens is 2. The van der Waals surface area contributed by atoms with Gasteiger partial charge in [-0.3, -0.25) is 0 Å². The summed E-state index contributed by atoms with van der Waals surface area (Å²) in [5.41, 5.74) is 22.0. The van der Waals surface area contributed by atoms with Crippen molar-refractivity contribution in [3.63, 3.8) is 0 Å². The van der Waals surface area contributed by atoms with E-state index in [-0.39, 0.29) is 5.41 Å². The van der Waals surface area contributed by atoms with Crippen LogP contribution >= 0.6 is 0 Å². The van der Waals surface area contributed by atoms with Gasteiger partial charge >= 0.3 is 0 Å². The Labute approximate surface area is 360 Å². The van der Waals surface area contributed by atoms with Crippen LogP contribution < -0.4 is 4.90 Å². The van der Waals surface area contributed by atoms with Crippen LogP contribution in [0.4, 0.5) is 17.1 Å². The van der Waals surface area contributed by atoms with Crippen LogP contribution in [-0.2, 0) is 5.41 Å². The van der Waals surface area contributed by atoms with E-state index in [1.54, 1.807) is 0 Å². The van der Waals surface area contributed by atoms with Crippen molar-refractivity contribution in [2.75, 3.05) is 4.90 Å². The van der Waals surface area contributed by atoms with Gasteiger partial charge < -0.3 is 14.0 Å². The van der Waals surface area contributed by atoms with Crippen LogP contribution in [0.1, 0.15) is 36.8 Å². The molecule has 9 aromatic carbocycles. The largest absolute Gasteiger partial charge is 0.310 e. The first-order valence-corrected chi connectivity index (χ1v) is 22.2. The SMILES string of the molecule is c1ccc(N(c2ccc(-c3ccc4c5c3-c3ccccc3-n3c6ccccc6c6ccc(c-5c63)C43CCCC3)cc2)c2ccc3c4ccccc4n(-c4ccccc4)c3c2)cc1. The molecule has 1 spiro atoms. The van der Waals surface area contributed by atoms with E-state index in [1.807, 2.05) is 0 Å². The van der Waals surface area contributed by atoms with E-state index in [4.69, 9.17) is 0 Å². The third-order valence-electron chi connectivity index (χ3n) is 14.6. The minimum atomic E-state index is 0.0626. The van der Waals surface area contributed by atoms with Gasteiger partial charge in [-0.1, -0.05) is 146 Å². The summed E-state index contributed by atoms with van der Waals surface area (Å²) in [6, 6.07) is 74.7. The number of para-hydroxylation sites is 5. The lowest BCUT2D eigenvalue weighted by molar-refractivity contribution is 0.550. The first kappa shape index (κ1) is 34.1. The molecule has 3 nitrogen and oxygen atoms in total. The second kappa shape index (κ2) is 12.7. The number of fused-ring (bicyclic) bond motifs is 11. The van der Waals surface area contributed by atoms with Gasteiger partial charge in [0, 0.05) is 60.8 Å². The van der Waals surface area contributed by atoms with E-state index >= 15 is 0 Å². The Morgan fingerprint density at radius 3 is 1.76 bits per heavy atom. The summed E-state index contributed by atoms with van der Waals surface area (Å²) in [7, 11) is 0. The van der Waals surface area contributed by atoms with Crippen molar-refractivity contribution < 1.29 is 0 Å². The predicted octanol–water partition coefficient (Wildman–Crippen LogP) is 15.8. The van der Waals surface area contributed by atoms with Gasteiger partial charge in [-0.25, -0.2) is 0 Å². The molecule has 2 aliphatic carbocycles. The van der Waals surface area contributed by atoms with Crippen LogP contribution in [0.2, 0.25) is 0 Å². The molecular weight excluding hydrogens is 751 g/mol. The van der Waals surface area contributed by atoms with Gasteiger partial charge in [0.25, 0.3) is 0 Å². The molecule has 11 aromatic rings. The second-order valence-corrected chi connectivity index (χ2v) is 17.6. The zero-order valence-electron chi connectivity index (χ0n) is 34.2. The van der Waals surface area contributed by atoms with Gasteiger partial charge in [0.15, 0.2) is 0 Å². The number of nitrogens with zero attached hydrogens (tertiary/aromatic N) is 3. The summed E-state index contributed by atoms with van der Waals surface area (Å²) in [6.45, 7) is 0. The summed E-state index contributed by atoms with van der Waals surface area (Å²) in [6.07, 6.45) is 4.96. The van der Waals surface area contributed by atoms with Crippen LogP contribution in [0.15, 0.2) is 200 Å². The lowest BCUT2D eigenvalue weighted by Gasteiger charge is -2.28. The summed E-state index contributed by atoms with van der Waals surface area (Å²) in [5, 5.41) is 5.18. The average Bonchev–Trinajstić information content (AvgIpc) is 4.09. The molecule has 0 amide bonds. The molecule has 1 saturated carbocycles. The number of hydrogen-bond acceptors (Lipinski definition) is 1. The molecule has 0 unspecified atom stereocenters. The molecule has 0 atom stereocenters. The zero-order valence-corrected chi connectivity index (χ0v) is 34.2. The molecule has 62 heavy (non-hydrogen) atoms. The lowest BCUT2D eigenvalue weighted by atomic mass is 9.75.